The number of benzene rings is 1. The van der Waals surface area contributed by atoms with Crippen LogP contribution in [0, 0.1) is 11.8 Å². The van der Waals surface area contributed by atoms with Crippen LogP contribution in [0.2, 0.25) is 0 Å². The van der Waals surface area contributed by atoms with Crippen molar-refractivity contribution in [1.29, 1.82) is 0 Å². The lowest BCUT2D eigenvalue weighted by molar-refractivity contribution is 0.0927. The number of carbonyl (C=O) groups excluding carboxylic acids is 1. The van der Waals surface area contributed by atoms with Crippen molar-refractivity contribution in [3.63, 3.8) is 0 Å². The first-order chi connectivity index (χ1) is 8.61. The maximum atomic E-state index is 12.2. The average molecular weight is 246 g/mol. The third-order valence-electron chi connectivity index (χ3n) is 4.21. The van der Waals surface area contributed by atoms with E-state index in [0.29, 0.717) is 30.0 Å². The second kappa shape index (κ2) is 5.53. The zero-order valence-corrected chi connectivity index (χ0v) is 11.1. The van der Waals surface area contributed by atoms with Gasteiger partial charge in [0.05, 0.1) is 0 Å². The zero-order valence-electron chi connectivity index (χ0n) is 11.1. The van der Waals surface area contributed by atoms with Gasteiger partial charge in [0.15, 0.2) is 0 Å². The van der Waals surface area contributed by atoms with Crippen molar-refractivity contribution in [2.24, 2.45) is 17.6 Å². The van der Waals surface area contributed by atoms with Gasteiger partial charge in [-0.25, -0.2) is 0 Å². The van der Waals surface area contributed by atoms with Crippen molar-refractivity contribution in [2.75, 3.05) is 0 Å². The summed E-state index contributed by atoms with van der Waals surface area (Å²) in [5.41, 5.74) is 7.30. The Labute approximate surface area is 109 Å². The van der Waals surface area contributed by atoms with Crippen LogP contribution in [0.3, 0.4) is 0 Å². The van der Waals surface area contributed by atoms with Crippen molar-refractivity contribution >= 4 is 5.91 Å². The average Bonchev–Trinajstić information content (AvgIpc) is 2.71. The van der Waals surface area contributed by atoms with Crippen LogP contribution >= 0.6 is 0 Å². The van der Waals surface area contributed by atoms with Gasteiger partial charge in [-0.05, 0) is 42.4 Å². The molecule has 1 aromatic rings. The Balaban J connectivity index is 2.03. The molecule has 3 unspecified atom stereocenters. The molecule has 0 heterocycles. The zero-order chi connectivity index (χ0) is 13.1. The molecule has 1 fully saturated rings. The van der Waals surface area contributed by atoms with E-state index in [-0.39, 0.29) is 5.91 Å². The third-order valence-corrected chi connectivity index (χ3v) is 4.21. The predicted octanol–water partition coefficient (Wildman–Crippen LogP) is 2.31. The van der Waals surface area contributed by atoms with Crippen molar-refractivity contribution in [1.82, 2.24) is 5.32 Å². The molecule has 98 valence electrons. The minimum atomic E-state index is 0.0243. The third kappa shape index (κ3) is 2.72. The molecule has 3 nitrogen and oxygen atoms in total. The molecule has 1 amide bonds. The summed E-state index contributed by atoms with van der Waals surface area (Å²) < 4.78 is 0. The van der Waals surface area contributed by atoms with Gasteiger partial charge in [-0.3, -0.25) is 4.79 Å². The molecule has 1 saturated carbocycles. The Hall–Kier alpha value is -1.35. The maximum Gasteiger partial charge on any atom is 0.251 e. The predicted molar refractivity (Wildman–Crippen MR) is 73.1 cm³/mol. The number of amides is 1. The number of hydrogen-bond acceptors (Lipinski definition) is 2. The molecule has 0 bridgehead atoms. The molecule has 0 radical (unpaired) electrons. The van der Waals surface area contributed by atoms with Crippen molar-refractivity contribution < 1.29 is 4.79 Å². The van der Waals surface area contributed by atoms with Gasteiger partial charge in [0.2, 0.25) is 0 Å². The van der Waals surface area contributed by atoms with E-state index >= 15 is 0 Å². The van der Waals surface area contributed by atoms with Gasteiger partial charge in [0.1, 0.15) is 0 Å². The summed E-state index contributed by atoms with van der Waals surface area (Å²) in [6.45, 7) is 4.95. The molecule has 0 spiro atoms. The van der Waals surface area contributed by atoms with Gasteiger partial charge < -0.3 is 11.1 Å². The molecule has 0 saturated heterocycles. The van der Waals surface area contributed by atoms with Crippen LogP contribution in [-0.4, -0.2) is 11.9 Å². The van der Waals surface area contributed by atoms with E-state index in [9.17, 15) is 4.79 Å². The van der Waals surface area contributed by atoms with E-state index in [2.05, 4.69) is 19.2 Å². The molecule has 3 N–H and O–H groups in total. The van der Waals surface area contributed by atoms with Gasteiger partial charge in [0.25, 0.3) is 5.91 Å². The summed E-state index contributed by atoms with van der Waals surface area (Å²) in [7, 11) is 0. The largest absolute Gasteiger partial charge is 0.349 e. The van der Waals surface area contributed by atoms with E-state index in [0.717, 1.165) is 12.0 Å². The summed E-state index contributed by atoms with van der Waals surface area (Å²) in [6, 6.07) is 7.86. The fourth-order valence-corrected chi connectivity index (χ4v) is 2.66. The SMILES string of the molecule is CC1CCC(NC(=O)c2cccc(CN)c2)C1C. The monoisotopic (exact) mass is 246 g/mol. The highest BCUT2D eigenvalue weighted by atomic mass is 16.1. The van der Waals surface area contributed by atoms with Crippen LogP contribution < -0.4 is 11.1 Å². The summed E-state index contributed by atoms with van der Waals surface area (Å²) in [4.78, 5) is 12.2. The Kier molecular flexibility index (Phi) is 4.02. The number of rotatable bonds is 3. The van der Waals surface area contributed by atoms with Crippen LogP contribution in [-0.2, 0) is 6.54 Å². The summed E-state index contributed by atoms with van der Waals surface area (Å²) in [5, 5.41) is 3.15. The topological polar surface area (TPSA) is 55.1 Å². The lowest BCUT2D eigenvalue weighted by atomic mass is 9.97. The van der Waals surface area contributed by atoms with Crippen LogP contribution in [0.1, 0.15) is 42.6 Å². The minimum absolute atomic E-state index is 0.0243. The molecule has 18 heavy (non-hydrogen) atoms. The second-order valence-corrected chi connectivity index (χ2v) is 5.40. The van der Waals surface area contributed by atoms with Crippen LogP contribution in [0.15, 0.2) is 24.3 Å². The number of carbonyl (C=O) groups is 1. The molecule has 2 rings (SSSR count). The van der Waals surface area contributed by atoms with E-state index < -0.39 is 0 Å². The highest BCUT2D eigenvalue weighted by Gasteiger charge is 2.30. The van der Waals surface area contributed by atoms with E-state index in [1.165, 1.54) is 6.42 Å². The van der Waals surface area contributed by atoms with Crippen LogP contribution in [0.4, 0.5) is 0 Å². The van der Waals surface area contributed by atoms with Gasteiger partial charge >= 0.3 is 0 Å². The van der Waals surface area contributed by atoms with Gasteiger partial charge in [-0.1, -0.05) is 26.0 Å². The first-order valence-electron chi connectivity index (χ1n) is 6.71. The maximum absolute atomic E-state index is 12.2. The molecular weight excluding hydrogens is 224 g/mol. The highest BCUT2D eigenvalue weighted by Crippen LogP contribution is 2.31. The number of nitrogens with two attached hydrogens (primary N) is 1. The quantitative estimate of drug-likeness (QED) is 0.860. The lowest BCUT2D eigenvalue weighted by Gasteiger charge is -2.19. The van der Waals surface area contributed by atoms with Crippen molar-refractivity contribution in [3.05, 3.63) is 35.4 Å². The van der Waals surface area contributed by atoms with Gasteiger partial charge in [-0.2, -0.15) is 0 Å². The Bertz CT molecular complexity index is 430. The summed E-state index contributed by atoms with van der Waals surface area (Å²) in [6.07, 6.45) is 2.29. The van der Waals surface area contributed by atoms with Crippen LogP contribution in [0.25, 0.3) is 0 Å². The standard InChI is InChI=1S/C15H22N2O/c1-10-6-7-14(11(10)2)17-15(18)13-5-3-4-12(8-13)9-16/h3-5,8,10-11,14H,6-7,9,16H2,1-2H3,(H,17,18). The van der Waals surface area contributed by atoms with Gasteiger partial charge in [0, 0.05) is 18.2 Å². The minimum Gasteiger partial charge on any atom is -0.349 e. The Morgan fingerprint density at radius 2 is 2.17 bits per heavy atom. The molecule has 3 atom stereocenters. The van der Waals surface area contributed by atoms with E-state index in [4.69, 9.17) is 5.73 Å². The fourth-order valence-electron chi connectivity index (χ4n) is 2.66. The van der Waals surface area contributed by atoms with E-state index in [1.807, 2.05) is 24.3 Å². The smallest absolute Gasteiger partial charge is 0.251 e. The highest BCUT2D eigenvalue weighted by molar-refractivity contribution is 5.94. The molecule has 3 heteroatoms. The first kappa shape index (κ1) is 13.1. The number of hydrogen-bond donors (Lipinski definition) is 2. The molecule has 0 aliphatic heterocycles. The molecule has 0 aromatic heterocycles. The van der Waals surface area contributed by atoms with Gasteiger partial charge in [-0.15, -0.1) is 0 Å². The van der Waals surface area contributed by atoms with Crippen molar-refractivity contribution in [2.45, 2.75) is 39.3 Å². The molecule has 1 aliphatic carbocycles. The van der Waals surface area contributed by atoms with E-state index in [1.54, 1.807) is 0 Å². The second-order valence-electron chi connectivity index (χ2n) is 5.40. The normalized spacial score (nSPS) is 27.2. The van der Waals surface area contributed by atoms with Crippen molar-refractivity contribution in [3.8, 4) is 0 Å². The number of nitrogens with one attached hydrogen (secondary N) is 1. The molecule has 1 aromatic carbocycles. The fraction of sp³-hybridized carbons (Fsp3) is 0.533. The molecule has 1 aliphatic rings. The Morgan fingerprint density at radius 3 is 2.78 bits per heavy atom. The Morgan fingerprint density at radius 1 is 1.39 bits per heavy atom. The lowest BCUT2D eigenvalue weighted by Crippen LogP contribution is -2.37. The molecular formula is C15H22N2O. The summed E-state index contributed by atoms with van der Waals surface area (Å²) >= 11 is 0. The first-order valence-corrected chi connectivity index (χ1v) is 6.71. The summed E-state index contributed by atoms with van der Waals surface area (Å²) in [5.74, 6) is 1.29. The van der Waals surface area contributed by atoms with Crippen LogP contribution in [0.5, 0.6) is 0 Å².